The van der Waals surface area contributed by atoms with Gasteiger partial charge >= 0.3 is 248 Å². The zero-order valence-corrected chi connectivity index (χ0v) is 32.5. The SMILES string of the molecule is Cc1cc(C)nc(-n2c3ccc(-c4ccccc4)cc3c3ccc(Oc4cccc(-n5cc6c7ccc(n6[c]5=[Pt])CCc5ccc(cc5)CC7)c4)cc32)c1. The number of aryl methyl sites for hydroxylation is 6. The van der Waals surface area contributed by atoms with E-state index in [-0.39, 0.29) is 0 Å². The van der Waals surface area contributed by atoms with Crippen molar-refractivity contribution < 1.29 is 24.1 Å². The molecule has 54 heavy (non-hydrogen) atoms. The van der Waals surface area contributed by atoms with E-state index in [1.807, 2.05) is 6.07 Å². The molecule has 5 nitrogen and oxygen atoms in total. The van der Waals surface area contributed by atoms with E-state index in [4.69, 9.17) is 9.72 Å². The average molecular weight is 882 g/mol. The van der Waals surface area contributed by atoms with Crippen LogP contribution in [0.25, 0.3) is 50.0 Å². The van der Waals surface area contributed by atoms with Gasteiger partial charge in [0, 0.05) is 5.69 Å². The van der Waals surface area contributed by atoms with Crippen LogP contribution in [0.15, 0.2) is 146 Å². The fourth-order valence-electron chi connectivity index (χ4n) is 8.17. The number of aromatic nitrogens is 4. The first-order chi connectivity index (χ1) is 26.4. The van der Waals surface area contributed by atoms with E-state index in [1.165, 1.54) is 50.0 Å². The molecule has 266 valence electrons. The molecule has 6 heterocycles. The molecule has 0 saturated carbocycles. The van der Waals surface area contributed by atoms with Gasteiger partial charge in [-0.2, -0.15) is 0 Å². The van der Waals surface area contributed by atoms with Crippen LogP contribution >= 0.6 is 0 Å². The first-order valence-electron chi connectivity index (χ1n) is 18.6. The van der Waals surface area contributed by atoms with Gasteiger partial charge in [0.15, 0.2) is 0 Å². The number of imidazole rings is 1. The summed E-state index contributed by atoms with van der Waals surface area (Å²) in [5.74, 6) is 2.47. The number of hydrogen-bond donors (Lipinski definition) is 0. The maximum absolute atomic E-state index is 6.71. The van der Waals surface area contributed by atoms with E-state index in [2.05, 4.69) is 186 Å². The molecule has 0 radical (unpaired) electrons. The van der Waals surface area contributed by atoms with Crippen molar-refractivity contribution in [1.82, 2.24) is 18.5 Å². The molecule has 13 rings (SSSR count). The zero-order chi connectivity index (χ0) is 36.3. The second-order valence-corrected chi connectivity index (χ2v) is 15.5. The quantitative estimate of drug-likeness (QED) is 0.173. The van der Waals surface area contributed by atoms with Crippen molar-refractivity contribution in [3.8, 4) is 34.1 Å². The van der Waals surface area contributed by atoms with Gasteiger partial charge in [0.25, 0.3) is 0 Å². The van der Waals surface area contributed by atoms with E-state index in [0.717, 1.165) is 74.6 Å². The monoisotopic (exact) mass is 881 g/mol. The summed E-state index contributed by atoms with van der Waals surface area (Å²) >= 11 is 2.49. The summed E-state index contributed by atoms with van der Waals surface area (Å²) in [5, 5.41) is 2.35. The number of ether oxygens (including phenoxy) is 1. The molecule has 0 fully saturated rings. The zero-order valence-electron chi connectivity index (χ0n) is 30.2. The molecule has 0 spiro atoms. The molecule has 2 aliphatic heterocycles. The molecule has 0 amide bonds. The van der Waals surface area contributed by atoms with Crippen LogP contribution in [0.3, 0.4) is 0 Å². The van der Waals surface area contributed by atoms with Crippen molar-refractivity contribution in [3.63, 3.8) is 0 Å². The number of pyridine rings is 2. The Labute approximate surface area is 325 Å². The fraction of sp³-hybridized carbons (Fsp3) is 0.125. The van der Waals surface area contributed by atoms with Crippen LogP contribution in [0.4, 0.5) is 0 Å². The molecule has 0 atom stereocenters. The summed E-state index contributed by atoms with van der Waals surface area (Å²) in [5.41, 5.74) is 14.5. The van der Waals surface area contributed by atoms with Crippen LogP contribution in [-0.2, 0) is 45.0 Å². The van der Waals surface area contributed by atoms with Gasteiger partial charge in [-0.15, -0.1) is 0 Å². The Bertz CT molecular complexity index is 2930. The van der Waals surface area contributed by atoms with E-state index < -0.39 is 0 Å². The molecule has 5 aromatic carbocycles. The second kappa shape index (κ2) is 13.3. The van der Waals surface area contributed by atoms with E-state index in [1.54, 1.807) is 0 Å². The normalized spacial score (nSPS) is 12.8. The third-order valence-electron chi connectivity index (χ3n) is 10.8. The first-order valence-corrected chi connectivity index (χ1v) is 19.7. The molecule has 2 aliphatic carbocycles. The van der Waals surface area contributed by atoms with Gasteiger partial charge < -0.3 is 0 Å². The molecule has 4 aromatic heterocycles. The Kier molecular flexibility index (Phi) is 8.07. The van der Waals surface area contributed by atoms with Gasteiger partial charge in [0.05, 0.1) is 0 Å². The third-order valence-corrected chi connectivity index (χ3v) is 11.9. The van der Waals surface area contributed by atoms with E-state index in [9.17, 15) is 0 Å². The van der Waals surface area contributed by atoms with Crippen LogP contribution in [0.2, 0.25) is 0 Å². The minimum absolute atomic E-state index is 0.778. The molecule has 4 aliphatic rings. The van der Waals surface area contributed by atoms with Crippen molar-refractivity contribution >= 4 is 27.3 Å². The van der Waals surface area contributed by atoms with Crippen LogP contribution < -0.4 is 4.74 Å². The van der Waals surface area contributed by atoms with Gasteiger partial charge in [0.2, 0.25) is 0 Å². The molecule has 4 bridgehead atoms. The van der Waals surface area contributed by atoms with Crippen LogP contribution in [0.1, 0.15) is 33.6 Å². The van der Waals surface area contributed by atoms with Crippen LogP contribution in [0, 0.1) is 17.7 Å². The van der Waals surface area contributed by atoms with Crippen molar-refractivity contribution in [2.45, 2.75) is 39.5 Å². The predicted octanol–water partition coefficient (Wildman–Crippen LogP) is 11.3. The van der Waals surface area contributed by atoms with Crippen molar-refractivity contribution in [2.24, 2.45) is 0 Å². The third kappa shape index (κ3) is 5.84. The topological polar surface area (TPSA) is 36.4 Å². The van der Waals surface area contributed by atoms with Gasteiger partial charge in [-0.3, -0.25) is 0 Å². The maximum atomic E-state index is 6.71. The summed E-state index contributed by atoms with van der Waals surface area (Å²) in [4.78, 5) is 5.01. The number of benzene rings is 5. The number of nitrogens with zero attached hydrogens (tertiary/aromatic N) is 4. The molecule has 0 saturated heterocycles. The summed E-state index contributed by atoms with van der Waals surface area (Å²) < 4.78 is 14.9. The Morgan fingerprint density at radius 3 is 2.20 bits per heavy atom. The van der Waals surface area contributed by atoms with Crippen LogP contribution in [-0.4, -0.2) is 18.5 Å². The minimum atomic E-state index is 0.778. The second-order valence-electron chi connectivity index (χ2n) is 14.5. The molecular formula is C48H38N4OPt. The summed E-state index contributed by atoms with van der Waals surface area (Å²) in [6.07, 6.45) is 6.33. The van der Waals surface area contributed by atoms with Gasteiger partial charge in [-0.25, -0.2) is 0 Å². The molecule has 0 unspecified atom stereocenters. The molecule has 0 N–H and O–H groups in total. The number of hydrogen-bond acceptors (Lipinski definition) is 2. The molecule has 9 aromatic rings. The summed E-state index contributed by atoms with van der Waals surface area (Å²) in [7, 11) is 0. The standard InChI is InChI=1S/C48H38N4O.Pt/c1-32-25-33(2)49-48(26-32)52-45-24-19-38(36-7-4-3-5-8-36)27-44(45)43-23-22-42(29-46(43)52)53-41-10-6-9-40(28-41)50-30-47-37-17-15-34-11-13-35(14-12-34)16-20-39(21-18-37)51(47)31-50;/h3-14,18-19,21-30H,15-17,20H2,1-2H3;. The van der Waals surface area contributed by atoms with Crippen LogP contribution in [0.5, 0.6) is 11.5 Å². The summed E-state index contributed by atoms with van der Waals surface area (Å²) in [6.45, 7) is 4.19. The Morgan fingerprint density at radius 2 is 1.39 bits per heavy atom. The van der Waals surface area contributed by atoms with E-state index >= 15 is 0 Å². The number of rotatable bonds is 5. The van der Waals surface area contributed by atoms with Crippen molar-refractivity contribution in [3.05, 3.63) is 183 Å². The summed E-state index contributed by atoms with van der Waals surface area (Å²) in [6, 6.07) is 50.3. The Morgan fingerprint density at radius 1 is 0.593 bits per heavy atom. The average Bonchev–Trinajstić information content (AvgIpc) is 3.70. The van der Waals surface area contributed by atoms with Crippen molar-refractivity contribution in [1.29, 1.82) is 0 Å². The van der Waals surface area contributed by atoms with Gasteiger partial charge in [-0.1, -0.05) is 36.4 Å². The van der Waals surface area contributed by atoms with Crippen molar-refractivity contribution in [2.75, 3.05) is 0 Å². The molecule has 6 heteroatoms. The van der Waals surface area contributed by atoms with E-state index in [0.29, 0.717) is 0 Å². The van der Waals surface area contributed by atoms with Gasteiger partial charge in [0.1, 0.15) is 0 Å². The first kappa shape index (κ1) is 32.8. The predicted molar refractivity (Wildman–Crippen MR) is 215 cm³/mol. The van der Waals surface area contributed by atoms with Gasteiger partial charge in [-0.05, 0) is 36.6 Å². The Balaban J connectivity index is 1.05. The fourth-order valence-corrected chi connectivity index (χ4v) is 9.21. The molecular weight excluding hydrogens is 844 g/mol. The Hall–Kier alpha value is -5.77. The number of fused-ring (bicyclic) bond motifs is 3.